The molecule has 1 aromatic carbocycles. The van der Waals surface area contributed by atoms with Gasteiger partial charge in [-0.05, 0) is 49.5 Å². The van der Waals surface area contributed by atoms with Crippen molar-refractivity contribution in [3.8, 4) is 11.5 Å². The lowest BCUT2D eigenvalue weighted by molar-refractivity contribution is 0.174. The van der Waals surface area contributed by atoms with Gasteiger partial charge in [-0.2, -0.15) is 0 Å². The monoisotopic (exact) mass is 270 g/mol. The minimum absolute atomic E-state index is 0. The Bertz CT molecular complexity index is 408. The molecule has 0 radical (unpaired) electrons. The van der Waals surface area contributed by atoms with Gasteiger partial charge >= 0.3 is 0 Å². The summed E-state index contributed by atoms with van der Waals surface area (Å²) in [6, 6.07) is 6.14. The van der Waals surface area contributed by atoms with Crippen molar-refractivity contribution in [2.75, 3.05) is 19.9 Å². The number of hydrogen-bond acceptors (Lipinski definition) is 4. The standard InChI is InChI=1S/C13H18N2O2.ClH/c14-13(9-3-5-15-6-4-9)10-1-2-11-12(7-10)17-8-16-11;/h1-2,7,9,13,15H,3-6,8,14H2;1H/t13-;/m1./s1. The van der Waals surface area contributed by atoms with Gasteiger partial charge in [-0.15, -0.1) is 12.4 Å². The van der Waals surface area contributed by atoms with E-state index < -0.39 is 0 Å². The molecular weight excluding hydrogens is 252 g/mol. The second-order valence-electron chi connectivity index (χ2n) is 4.73. The highest BCUT2D eigenvalue weighted by Gasteiger charge is 2.23. The largest absolute Gasteiger partial charge is 0.454 e. The second kappa shape index (κ2) is 5.78. The zero-order valence-corrected chi connectivity index (χ0v) is 11.0. The van der Waals surface area contributed by atoms with E-state index in [0.29, 0.717) is 12.7 Å². The van der Waals surface area contributed by atoms with Crippen LogP contribution in [0.4, 0.5) is 0 Å². The molecule has 4 nitrogen and oxygen atoms in total. The third-order valence-corrected chi connectivity index (χ3v) is 3.67. The number of benzene rings is 1. The Kier molecular flexibility index (Phi) is 4.32. The first-order valence-electron chi connectivity index (χ1n) is 6.20. The van der Waals surface area contributed by atoms with Gasteiger partial charge < -0.3 is 20.5 Å². The first kappa shape index (κ1) is 13.5. The number of hydrogen-bond donors (Lipinski definition) is 2. The number of halogens is 1. The van der Waals surface area contributed by atoms with Gasteiger partial charge in [0.1, 0.15) is 0 Å². The Morgan fingerprint density at radius 1 is 1.17 bits per heavy atom. The molecular formula is C13H19ClN2O2. The molecule has 0 unspecified atom stereocenters. The zero-order valence-electron chi connectivity index (χ0n) is 10.2. The predicted octanol–water partition coefficient (Wildman–Crippen LogP) is 1.84. The molecule has 0 bridgehead atoms. The van der Waals surface area contributed by atoms with Crippen molar-refractivity contribution in [3.63, 3.8) is 0 Å². The highest BCUT2D eigenvalue weighted by molar-refractivity contribution is 5.85. The van der Waals surface area contributed by atoms with E-state index in [1.54, 1.807) is 0 Å². The van der Waals surface area contributed by atoms with Crippen LogP contribution in [-0.2, 0) is 0 Å². The van der Waals surface area contributed by atoms with Crippen molar-refractivity contribution in [3.05, 3.63) is 23.8 Å². The van der Waals surface area contributed by atoms with Crippen molar-refractivity contribution in [1.82, 2.24) is 5.32 Å². The third kappa shape index (κ3) is 2.55. The molecule has 1 fully saturated rings. The molecule has 5 heteroatoms. The minimum atomic E-state index is 0. The minimum Gasteiger partial charge on any atom is -0.454 e. The van der Waals surface area contributed by atoms with E-state index >= 15 is 0 Å². The van der Waals surface area contributed by atoms with Crippen molar-refractivity contribution < 1.29 is 9.47 Å². The Balaban J connectivity index is 0.00000120. The Labute approximate surface area is 113 Å². The average molecular weight is 271 g/mol. The van der Waals surface area contributed by atoms with E-state index in [9.17, 15) is 0 Å². The van der Waals surface area contributed by atoms with Gasteiger partial charge in [-0.1, -0.05) is 6.07 Å². The average Bonchev–Trinajstić information content (AvgIpc) is 2.86. The summed E-state index contributed by atoms with van der Waals surface area (Å²) in [5.74, 6) is 2.22. The Morgan fingerprint density at radius 2 is 1.89 bits per heavy atom. The molecule has 1 aromatic rings. The molecule has 3 rings (SSSR count). The van der Waals surface area contributed by atoms with Gasteiger partial charge in [-0.25, -0.2) is 0 Å². The van der Waals surface area contributed by atoms with E-state index in [2.05, 4.69) is 11.4 Å². The lowest BCUT2D eigenvalue weighted by atomic mass is 9.86. The molecule has 0 saturated carbocycles. The molecule has 2 aliphatic heterocycles. The van der Waals surface area contributed by atoms with E-state index in [1.807, 2.05) is 12.1 Å². The number of fused-ring (bicyclic) bond motifs is 1. The number of ether oxygens (including phenoxy) is 2. The van der Waals surface area contributed by atoms with Gasteiger partial charge in [0.2, 0.25) is 6.79 Å². The van der Waals surface area contributed by atoms with Crippen molar-refractivity contribution >= 4 is 12.4 Å². The first-order chi connectivity index (χ1) is 8.34. The SMILES string of the molecule is Cl.N[C@@H](c1ccc2c(c1)OCO2)C1CCNCC1. The molecule has 0 spiro atoms. The van der Waals surface area contributed by atoms with Crippen LogP contribution in [-0.4, -0.2) is 19.9 Å². The fourth-order valence-electron chi connectivity index (χ4n) is 2.60. The third-order valence-electron chi connectivity index (χ3n) is 3.67. The van der Waals surface area contributed by atoms with Crippen LogP contribution in [0.1, 0.15) is 24.4 Å². The molecule has 0 aliphatic carbocycles. The highest BCUT2D eigenvalue weighted by Crippen LogP contribution is 2.36. The fourth-order valence-corrected chi connectivity index (χ4v) is 2.60. The van der Waals surface area contributed by atoms with E-state index in [-0.39, 0.29) is 18.4 Å². The predicted molar refractivity (Wildman–Crippen MR) is 72.3 cm³/mol. The summed E-state index contributed by atoms with van der Waals surface area (Å²) in [7, 11) is 0. The van der Waals surface area contributed by atoms with Crippen LogP contribution in [0, 0.1) is 5.92 Å². The maximum Gasteiger partial charge on any atom is 0.231 e. The van der Waals surface area contributed by atoms with Crippen molar-refractivity contribution in [1.29, 1.82) is 0 Å². The number of piperidine rings is 1. The molecule has 1 atom stereocenters. The molecule has 3 N–H and O–H groups in total. The van der Waals surface area contributed by atoms with Gasteiger partial charge in [0.05, 0.1) is 0 Å². The molecule has 0 amide bonds. The summed E-state index contributed by atoms with van der Waals surface area (Å²) in [6.07, 6.45) is 2.30. The van der Waals surface area contributed by atoms with Crippen molar-refractivity contribution in [2.45, 2.75) is 18.9 Å². The maximum atomic E-state index is 6.34. The Hall–Kier alpha value is -0.970. The van der Waals surface area contributed by atoms with E-state index in [4.69, 9.17) is 15.2 Å². The van der Waals surface area contributed by atoms with Gasteiger partial charge in [0, 0.05) is 6.04 Å². The highest BCUT2D eigenvalue weighted by atomic mass is 35.5. The number of nitrogens with one attached hydrogen (secondary N) is 1. The van der Waals surface area contributed by atoms with Crippen LogP contribution in [0.15, 0.2) is 18.2 Å². The summed E-state index contributed by atoms with van der Waals surface area (Å²) < 4.78 is 10.7. The number of nitrogens with two attached hydrogens (primary N) is 1. The number of rotatable bonds is 2. The fraction of sp³-hybridized carbons (Fsp3) is 0.538. The normalized spacial score (nSPS) is 20.3. The van der Waals surface area contributed by atoms with Crippen LogP contribution in [0.5, 0.6) is 11.5 Å². The van der Waals surface area contributed by atoms with Crippen LogP contribution in [0.3, 0.4) is 0 Å². The van der Waals surface area contributed by atoms with Crippen LogP contribution in [0.25, 0.3) is 0 Å². The molecule has 18 heavy (non-hydrogen) atoms. The topological polar surface area (TPSA) is 56.5 Å². The van der Waals surface area contributed by atoms with Gasteiger partial charge in [0.15, 0.2) is 11.5 Å². The maximum absolute atomic E-state index is 6.34. The van der Waals surface area contributed by atoms with Crippen molar-refractivity contribution in [2.24, 2.45) is 11.7 Å². The van der Waals surface area contributed by atoms with Crippen LogP contribution < -0.4 is 20.5 Å². The van der Waals surface area contributed by atoms with Gasteiger partial charge in [0.25, 0.3) is 0 Å². The molecule has 0 aromatic heterocycles. The molecule has 2 heterocycles. The summed E-state index contributed by atoms with van der Waals surface area (Å²) >= 11 is 0. The summed E-state index contributed by atoms with van der Waals surface area (Å²) in [4.78, 5) is 0. The zero-order chi connectivity index (χ0) is 11.7. The Morgan fingerprint density at radius 3 is 2.67 bits per heavy atom. The summed E-state index contributed by atoms with van der Waals surface area (Å²) in [5, 5.41) is 3.36. The van der Waals surface area contributed by atoms with Crippen LogP contribution >= 0.6 is 12.4 Å². The molecule has 1 saturated heterocycles. The summed E-state index contributed by atoms with van der Waals surface area (Å²) in [5.41, 5.74) is 7.49. The lowest BCUT2D eigenvalue weighted by Gasteiger charge is -2.28. The molecule has 100 valence electrons. The van der Waals surface area contributed by atoms with E-state index in [0.717, 1.165) is 43.0 Å². The quantitative estimate of drug-likeness (QED) is 0.861. The van der Waals surface area contributed by atoms with Gasteiger partial charge in [-0.3, -0.25) is 0 Å². The smallest absolute Gasteiger partial charge is 0.231 e. The first-order valence-corrected chi connectivity index (χ1v) is 6.20. The van der Waals surface area contributed by atoms with Crippen LogP contribution in [0.2, 0.25) is 0 Å². The summed E-state index contributed by atoms with van der Waals surface area (Å²) in [6.45, 7) is 2.47. The molecule has 2 aliphatic rings. The second-order valence-corrected chi connectivity index (χ2v) is 4.73. The lowest BCUT2D eigenvalue weighted by Crippen LogP contribution is -2.33. The van der Waals surface area contributed by atoms with E-state index in [1.165, 1.54) is 0 Å².